The van der Waals surface area contributed by atoms with E-state index in [2.05, 4.69) is 41.2 Å². The lowest BCUT2D eigenvalue weighted by atomic mass is 9.76. The Labute approximate surface area is 863 Å². The van der Waals surface area contributed by atoms with E-state index in [1.807, 2.05) is 130 Å². The van der Waals surface area contributed by atoms with Gasteiger partial charge in [-0.2, -0.15) is 26.0 Å². The molecule has 2 unspecified atom stereocenters. The second-order valence-electron chi connectivity index (χ2n) is 38.3. The SMILES string of the molecule is C.CC1(C)C(/C=C/C=C/C=C2/N(CCCS(=O)(=O)O)c3ccccc3C2(C)CCCCCC(=O)CCCCCO[C@H]2O[C@H](CO)[C@@H](O)[C@H](O)[C@@H]2O)=[N+](CCCS(=O)(=O)[O-])c2ccc(S(=O)(=O)O)cc21.CCCC[N+]1=C(/C=C/C=C/C=C2/N(CCCS(=O)(=O)[O-])c3ccc(C)cc3C2(C)CCCCCC(=O)ON2C(=O)CCC2=O)C(C)(C)c2cc(S(=O)(=O)[O-])ccc21.NCCCCO[C@H]1O[C@H](CO)[C@@H](O)[C@H](O)[C@@H]1O.O=S(=O)=O. The number of amides is 2. The quantitative estimate of drug-likeness (QED) is 0.00662. The van der Waals surface area contributed by atoms with Gasteiger partial charge in [0, 0.05) is 152 Å². The monoisotopic (exact) mass is 2180 g/mol. The number of para-hydroxylation sites is 1. The summed E-state index contributed by atoms with van der Waals surface area (Å²) in [5.41, 5.74) is 14.2. The molecule has 3 saturated heterocycles. The molecular formula is C100H143N6O35S6-. The molecule has 147 heavy (non-hydrogen) atoms. The molecule has 0 aliphatic carbocycles. The number of unbranched alkanes of at least 4 members (excludes halogenated alkanes) is 8. The lowest BCUT2D eigenvalue weighted by Gasteiger charge is -2.39. The Morgan fingerprint density at radius 3 is 1.41 bits per heavy atom. The molecule has 820 valence electrons. The Morgan fingerprint density at radius 2 is 0.946 bits per heavy atom. The molecule has 0 bridgehead atoms. The molecule has 4 aromatic carbocycles. The number of rotatable bonds is 50. The Balaban J connectivity index is 0.000000333. The first-order chi connectivity index (χ1) is 68.5. The van der Waals surface area contributed by atoms with E-state index in [-0.39, 0.29) is 74.7 Å². The summed E-state index contributed by atoms with van der Waals surface area (Å²) in [4.78, 5) is 57.5. The maximum Gasteiger partial charge on any atom is 0.425 e. The van der Waals surface area contributed by atoms with Gasteiger partial charge in [-0.3, -0.25) is 23.5 Å². The van der Waals surface area contributed by atoms with Crippen molar-refractivity contribution in [3.05, 3.63) is 179 Å². The molecule has 11 rings (SSSR count). The topological polar surface area (TPSA) is 650 Å². The number of imide groups is 1. The highest BCUT2D eigenvalue weighted by molar-refractivity contribution is 7.86. The fraction of sp³-hybridized carbons (Fsp3) is 0.580. The van der Waals surface area contributed by atoms with Crippen LogP contribution in [0, 0.1) is 6.92 Å². The minimum atomic E-state index is -4.63. The van der Waals surface area contributed by atoms with Gasteiger partial charge in [0.1, 0.15) is 77.8 Å². The van der Waals surface area contributed by atoms with Crippen LogP contribution in [0.15, 0.2) is 161 Å². The Morgan fingerprint density at radius 1 is 0.510 bits per heavy atom. The minimum absolute atomic E-state index is 0. The molecule has 3 fully saturated rings. The minimum Gasteiger partial charge on any atom is -0.748 e. The number of nitrogens with two attached hydrogens (primary N) is 1. The summed E-state index contributed by atoms with van der Waals surface area (Å²) in [6, 6.07) is 22.8. The molecule has 4 aromatic rings. The Hall–Kier alpha value is -8.81. The summed E-state index contributed by atoms with van der Waals surface area (Å²) in [5, 5.41) is 77.5. The highest BCUT2D eigenvalue weighted by Gasteiger charge is 2.51. The van der Waals surface area contributed by atoms with Crippen LogP contribution in [-0.2, 0) is 126 Å². The van der Waals surface area contributed by atoms with E-state index >= 15 is 0 Å². The Kier molecular flexibility index (Phi) is 47.6. The molecule has 7 aliphatic rings. The number of aryl methyl sites for hydroxylation is 1. The number of aliphatic hydroxyl groups is 8. The number of allylic oxidation sites excluding steroid dienone is 12. The maximum absolute atomic E-state index is 12.8. The second-order valence-corrected chi connectivity index (χ2v) is 46.1. The van der Waals surface area contributed by atoms with Crippen molar-refractivity contribution in [1.82, 2.24) is 5.06 Å². The molecule has 0 radical (unpaired) electrons. The summed E-state index contributed by atoms with van der Waals surface area (Å²) >= 11 is 0. The van der Waals surface area contributed by atoms with Crippen molar-refractivity contribution in [1.29, 1.82) is 0 Å². The van der Waals surface area contributed by atoms with Gasteiger partial charge in [0.25, 0.3) is 32.1 Å². The van der Waals surface area contributed by atoms with Gasteiger partial charge < -0.3 is 93.8 Å². The summed E-state index contributed by atoms with van der Waals surface area (Å²) < 4.78 is 222. The number of carbonyl (C=O) groups excluding carboxylic acids is 4. The highest BCUT2D eigenvalue weighted by atomic mass is 32.2. The van der Waals surface area contributed by atoms with E-state index in [0.29, 0.717) is 125 Å². The van der Waals surface area contributed by atoms with E-state index in [1.54, 1.807) is 18.2 Å². The number of ether oxygens (including phenoxy) is 4. The van der Waals surface area contributed by atoms with Gasteiger partial charge in [-0.25, -0.2) is 30.0 Å². The number of hydrogen-bond donors (Lipinski definition) is 11. The average Bonchev–Trinajstić information content (AvgIpc) is 1.59. The van der Waals surface area contributed by atoms with Crippen molar-refractivity contribution >= 4 is 119 Å². The average molecular weight is 2180 g/mol. The number of nitrogens with zero attached hydrogens (tertiary/aromatic N) is 5. The molecule has 12 N–H and O–H groups in total. The third-order valence-electron chi connectivity index (χ3n) is 26.7. The standard InChI is InChI=1S/C47H66N2O16S3.C42H53N3O10S2.C10H21NO6.CH4.O3S/c1-46(2)36-31-34(68(61,62)63)23-24-38(36)48(26-15-29-66(55,56)57)40(46)21-9-4-10-22-41-47(3,35-19-11-12-20-37(35)49(41)27-16-30-67(58,59)60)25-13-5-7-17-33(51)18-8-6-14-28-64-45-44(54)43(53)42(52)39(32-50)65-45;1-6-7-25-43-34-21-19-31(57(52,53)54)29-32(34)41(3,4)36(43)15-10-8-11-16-37-42(5,24-13-9-12-17-40(48)55-45-38(46)22-23-39(45)47)33-28-30(2)18-20-35(33)44(37)26-14-27-56(49,50)51;11-3-1-2-4-16-10-9(15)8(14)7(13)6(5-12)17-10;;1-4(2)3/h4,9-12,19-24,31,39,42-45,50,52-54H,5-8,13-18,25-30,32H2,1-3H3,(H2-,55,56,57,58,59,60,61,62,63);8,10-11,15-16,18-21,28-29H,6-7,9,12-14,17,22-27H2,1-5H3,(H-,49,50,51,52,53,54);6-10,12-15H,1-5,11H2;1H4;/p-1/t39-,42-,43+,44+,45+,47?;;6-,7-,8+,9+,10+;;/m1.1../s1. The molecule has 7 heterocycles. The molecule has 7 aliphatic heterocycles. The van der Waals surface area contributed by atoms with Crippen molar-refractivity contribution < 1.29 is 170 Å². The summed E-state index contributed by atoms with van der Waals surface area (Å²) in [6.07, 6.45) is 18.3. The first-order valence-corrected chi connectivity index (χ1v) is 57.2. The Bertz CT molecular complexity index is 6180. The van der Waals surface area contributed by atoms with Gasteiger partial charge in [0.2, 0.25) is 11.4 Å². The van der Waals surface area contributed by atoms with Gasteiger partial charge in [0.05, 0.1) is 59.8 Å². The zero-order valence-electron chi connectivity index (χ0n) is 83.2. The van der Waals surface area contributed by atoms with Crippen LogP contribution in [0.3, 0.4) is 0 Å². The van der Waals surface area contributed by atoms with Crippen molar-refractivity contribution in [3.8, 4) is 0 Å². The van der Waals surface area contributed by atoms with Gasteiger partial charge in [-0.15, -0.1) is 17.7 Å². The third-order valence-corrected chi connectivity index (χ3v) is 30.8. The predicted octanol–water partition coefficient (Wildman–Crippen LogP) is 7.71. The third kappa shape index (κ3) is 34.9. The smallest absolute Gasteiger partial charge is 0.425 e. The fourth-order valence-electron chi connectivity index (χ4n) is 19.0. The van der Waals surface area contributed by atoms with Crippen molar-refractivity contribution in [2.24, 2.45) is 5.73 Å². The first kappa shape index (κ1) is 125. The number of Topliss-reactive ketones (excluding diaryl/α,β-unsaturated/α-hetero) is 1. The van der Waals surface area contributed by atoms with Crippen LogP contribution >= 0.6 is 0 Å². The van der Waals surface area contributed by atoms with Gasteiger partial charge in [-0.05, 0) is 179 Å². The van der Waals surface area contributed by atoms with E-state index < -0.39 is 193 Å². The number of fused-ring (bicyclic) bond motifs is 4. The summed E-state index contributed by atoms with van der Waals surface area (Å²) in [7, 11) is -25.4. The van der Waals surface area contributed by atoms with Crippen LogP contribution in [0.25, 0.3) is 0 Å². The van der Waals surface area contributed by atoms with Crippen LogP contribution < -0.4 is 15.5 Å². The summed E-state index contributed by atoms with van der Waals surface area (Å²) in [5.74, 6) is -3.04. The summed E-state index contributed by atoms with van der Waals surface area (Å²) in [6.45, 7) is 17.7. The molecule has 0 saturated carbocycles. The van der Waals surface area contributed by atoms with E-state index in [0.717, 1.165) is 94.9 Å². The molecular weight excluding hydrogens is 2040 g/mol. The molecule has 12 atom stereocenters. The van der Waals surface area contributed by atoms with Gasteiger partial charge in [0.15, 0.2) is 24.0 Å². The molecule has 2 amide bonds. The van der Waals surface area contributed by atoms with Crippen molar-refractivity contribution in [2.75, 3.05) is 86.2 Å². The molecule has 0 spiro atoms. The van der Waals surface area contributed by atoms with Crippen molar-refractivity contribution in [3.63, 3.8) is 0 Å². The number of hydrogen-bond acceptors (Lipinski definition) is 36. The van der Waals surface area contributed by atoms with Crippen LogP contribution in [-0.4, -0.2) is 305 Å². The van der Waals surface area contributed by atoms with Gasteiger partial charge in [-0.1, -0.05) is 125 Å². The number of anilines is 2. The normalized spacial score (nSPS) is 23.8. The molecule has 47 heteroatoms. The molecule has 41 nitrogen and oxygen atoms in total. The number of hydroxylamine groups is 2. The van der Waals surface area contributed by atoms with E-state index in [9.17, 15) is 120 Å². The number of carbonyl (C=O) groups is 4. The largest absolute Gasteiger partial charge is 0.748 e. The maximum atomic E-state index is 12.8. The van der Waals surface area contributed by atoms with Gasteiger partial charge >= 0.3 is 16.6 Å². The predicted molar refractivity (Wildman–Crippen MR) is 541 cm³/mol. The lowest BCUT2D eigenvalue weighted by Crippen LogP contribution is -2.59. The van der Waals surface area contributed by atoms with Crippen molar-refractivity contribution in [2.45, 2.75) is 303 Å². The first-order valence-electron chi connectivity index (χ1n) is 48.6. The fourth-order valence-corrected chi connectivity index (χ4v) is 21.5. The van der Waals surface area contributed by atoms with Crippen LogP contribution in [0.2, 0.25) is 0 Å². The van der Waals surface area contributed by atoms with Crippen LogP contribution in [0.5, 0.6) is 0 Å². The molecule has 0 aromatic heterocycles. The number of ketones is 1. The van der Waals surface area contributed by atoms with E-state index in [4.69, 9.17) is 47.3 Å². The van der Waals surface area contributed by atoms with Crippen LogP contribution in [0.4, 0.5) is 22.7 Å². The van der Waals surface area contributed by atoms with E-state index in [1.165, 1.54) is 24.3 Å². The lowest BCUT2D eigenvalue weighted by molar-refractivity contribution is -0.438. The van der Waals surface area contributed by atoms with Crippen LogP contribution in [0.1, 0.15) is 231 Å². The zero-order valence-corrected chi connectivity index (χ0v) is 88.1. The second kappa shape index (κ2) is 56.0. The zero-order chi connectivity index (χ0) is 108. The highest BCUT2D eigenvalue weighted by Crippen LogP contribution is 2.53. The number of aliphatic hydroxyl groups excluding tert-OH is 8. The number of benzene rings is 4.